The molecule has 1 aliphatic heterocycles. The van der Waals surface area contributed by atoms with Crippen LogP contribution in [0, 0.1) is 0 Å². The number of carbonyl (C=O) groups is 1. The molecule has 1 aromatic heterocycles. The number of furan rings is 1. The molecule has 0 aliphatic carbocycles. The van der Waals surface area contributed by atoms with Crippen LogP contribution in [0.1, 0.15) is 37.1 Å². The molecule has 1 fully saturated rings. The van der Waals surface area contributed by atoms with E-state index in [2.05, 4.69) is 0 Å². The van der Waals surface area contributed by atoms with Crippen molar-refractivity contribution >= 4 is 5.91 Å². The smallest absolute Gasteiger partial charge is 0.252 e. The minimum absolute atomic E-state index is 0.0250. The van der Waals surface area contributed by atoms with Gasteiger partial charge in [-0.3, -0.25) is 4.79 Å². The Morgan fingerprint density at radius 2 is 2.09 bits per heavy atom. The summed E-state index contributed by atoms with van der Waals surface area (Å²) in [7, 11) is 0. The van der Waals surface area contributed by atoms with Crippen molar-refractivity contribution in [3.63, 3.8) is 0 Å². The fraction of sp³-hybridized carbons (Fsp3) is 0.389. The molecular formula is C18H21NO3. The summed E-state index contributed by atoms with van der Waals surface area (Å²) in [5, 5.41) is 0. The molecule has 2 aromatic rings. The van der Waals surface area contributed by atoms with Gasteiger partial charge in [-0.25, -0.2) is 0 Å². The highest BCUT2D eigenvalue weighted by Gasteiger charge is 2.31. The first-order chi connectivity index (χ1) is 10.8. The van der Waals surface area contributed by atoms with Gasteiger partial charge < -0.3 is 14.1 Å². The fourth-order valence-electron chi connectivity index (χ4n) is 2.85. The predicted molar refractivity (Wildman–Crippen MR) is 83.1 cm³/mol. The van der Waals surface area contributed by atoms with Crippen molar-refractivity contribution in [3.8, 4) is 0 Å². The van der Waals surface area contributed by atoms with Crippen molar-refractivity contribution in [3.05, 3.63) is 60.1 Å². The average molecular weight is 299 g/mol. The van der Waals surface area contributed by atoms with Gasteiger partial charge in [0.05, 0.1) is 18.8 Å². The van der Waals surface area contributed by atoms with Crippen LogP contribution < -0.4 is 0 Å². The molecule has 0 bridgehead atoms. The van der Waals surface area contributed by atoms with Crippen LogP contribution >= 0.6 is 0 Å². The van der Waals surface area contributed by atoms with Gasteiger partial charge in [0, 0.05) is 6.61 Å². The van der Waals surface area contributed by atoms with Gasteiger partial charge in [0.15, 0.2) is 0 Å². The van der Waals surface area contributed by atoms with E-state index in [-0.39, 0.29) is 18.1 Å². The fourth-order valence-corrected chi connectivity index (χ4v) is 2.85. The van der Waals surface area contributed by atoms with Crippen LogP contribution in [0.4, 0.5) is 0 Å². The van der Waals surface area contributed by atoms with Crippen LogP contribution in [0.5, 0.6) is 0 Å². The summed E-state index contributed by atoms with van der Waals surface area (Å²) in [5.41, 5.74) is 1.11. The Balaban J connectivity index is 1.83. The quantitative estimate of drug-likeness (QED) is 0.848. The lowest BCUT2D eigenvalue weighted by atomic mass is 10.1. The van der Waals surface area contributed by atoms with Crippen molar-refractivity contribution in [2.45, 2.75) is 38.5 Å². The molecule has 0 radical (unpaired) electrons. The standard InChI is InChI=1S/C18H21NO3/c1-14(15-7-3-2-4-8-15)19(13-16-9-5-11-21-16)18(20)17-10-6-12-22-17/h2-5,7-9,11,14,17H,6,10,12-13H2,1H3/t14-,17+/m1/s1. The topological polar surface area (TPSA) is 42.7 Å². The molecule has 116 valence electrons. The summed E-state index contributed by atoms with van der Waals surface area (Å²) in [6.07, 6.45) is 3.07. The molecule has 0 spiro atoms. The van der Waals surface area contributed by atoms with Crippen LogP contribution in [0.2, 0.25) is 0 Å². The molecule has 0 N–H and O–H groups in total. The number of amides is 1. The van der Waals surface area contributed by atoms with Gasteiger partial charge in [0.1, 0.15) is 11.9 Å². The molecule has 1 amide bonds. The van der Waals surface area contributed by atoms with E-state index in [1.165, 1.54) is 0 Å². The second kappa shape index (κ2) is 6.79. The van der Waals surface area contributed by atoms with Crippen molar-refractivity contribution in [1.82, 2.24) is 4.90 Å². The van der Waals surface area contributed by atoms with E-state index in [0.717, 1.165) is 24.2 Å². The molecular weight excluding hydrogens is 278 g/mol. The second-order valence-electron chi connectivity index (χ2n) is 5.63. The second-order valence-corrected chi connectivity index (χ2v) is 5.63. The molecule has 1 aromatic carbocycles. The van der Waals surface area contributed by atoms with Gasteiger partial charge in [0.2, 0.25) is 0 Å². The molecule has 0 saturated carbocycles. The summed E-state index contributed by atoms with van der Waals surface area (Å²) >= 11 is 0. The van der Waals surface area contributed by atoms with Gasteiger partial charge >= 0.3 is 0 Å². The van der Waals surface area contributed by atoms with E-state index in [4.69, 9.17) is 9.15 Å². The number of ether oxygens (including phenoxy) is 1. The lowest BCUT2D eigenvalue weighted by Crippen LogP contribution is -2.40. The van der Waals surface area contributed by atoms with Crippen LogP contribution in [0.15, 0.2) is 53.1 Å². The minimum Gasteiger partial charge on any atom is -0.467 e. The SMILES string of the molecule is C[C@H](c1ccccc1)N(Cc1ccco1)C(=O)[C@@H]1CCCO1. The first-order valence-corrected chi connectivity index (χ1v) is 7.75. The molecule has 2 atom stereocenters. The first kappa shape index (κ1) is 14.9. The third-order valence-corrected chi connectivity index (χ3v) is 4.14. The van der Waals surface area contributed by atoms with Crippen molar-refractivity contribution in [2.24, 2.45) is 0 Å². The van der Waals surface area contributed by atoms with Crippen molar-refractivity contribution in [2.75, 3.05) is 6.61 Å². The zero-order chi connectivity index (χ0) is 15.4. The Bertz CT molecular complexity index is 588. The van der Waals surface area contributed by atoms with Gasteiger partial charge in [0.25, 0.3) is 5.91 Å². The molecule has 1 aliphatic rings. The number of hydrogen-bond donors (Lipinski definition) is 0. The van der Waals surface area contributed by atoms with E-state index in [9.17, 15) is 4.79 Å². The van der Waals surface area contributed by atoms with Crippen LogP contribution in [-0.4, -0.2) is 23.5 Å². The Labute approximate surface area is 130 Å². The largest absolute Gasteiger partial charge is 0.467 e. The highest BCUT2D eigenvalue weighted by molar-refractivity contribution is 5.81. The minimum atomic E-state index is -0.318. The monoisotopic (exact) mass is 299 g/mol. The summed E-state index contributed by atoms with van der Waals surface area (Å²) < 4.78 is 11.0. The lowest BCUT2D eigenvalue weighted by Gasteiger charge is -2.31. The number of carbonyl (C=O) groups excluding carboxylic acids is 1. The predicted octanol–water partition coefficient (Wildman–Crippen LogP) is 3.55. The third-order valence-electron chi connectivity index (χ3n) is 4.14. The molecule has 4 nitrogen and oxygen atoms in total. The maximum Gasteiger partial charge on any atom is 0.252 e. The number of benzene rings is 1. The summed E-state index contributed by atoms with van der Waals surface area (Å²) in [6.45, 7) is 3.18. The maximum absolute atomic E-state index is 12.8. The van der Waals surface area contributed by atoms with Gasteiger partial charge in [-0.15, -0.1) is 0 Å². The highest BCUT2D eigenvalue weighted by Crippen LogP contribution is 2.26. The van der Waals surface area contributed by atoms with Crippen LogP contribution in [0.3, 0.4) is 0 Å². The van der Waals surface area contributed by atoms with Crippen molar-refractivity contribution in [1.29, 1.82) is 0 Å². The van der Waals surface area contributed by atoms with Crippen molar-refractivity contribution < 1.29 is 13.9 Å². The molecule has 22 heavy (non-hydrogen) atoms. The third kappa shape index (κ3) is 3.22. The molecule has 3 rings (SSSR count). The summed E-state index contributed by atoms with van der Waals surface area (Å²) in [5.74, 6) is 0.833. The molecule has 0 unspecified atom stereocenters. The zero-order valence-corrected chi connectivity index (χ0v) is 12.8. The zero-order valence-electron chi connectivity index (χ0n) is 12.8. The van der Waals surface area contributed by atoms with Gasteiger partial charge in [-0.2, -0.15) is 0 Å². The normalized spacial score (nSPS) is 19.0. The number of nitrogens with zero attached hydrogens (tertiary/aromatic N) is 1. The molecule has 4 heteroatoms. The maximum atomic E-state index is 12.8. The highest BCUT2D eigenvalue weighted by atomic mass is 16.5. The number of rotatable bonds is 5. The van der Waals surface area contributed by atoms with E-state index >= 15 is 0 Å². The van der Waals surface area contributed by atoms with E-state index in [1.807, 2.05) is 54.3 Å². The Morgan fingerprint density at radius 1 is 1.27 bits per heavy atom. The number of hydrogen-bond acceptors (Lipinski definition) is 3. The van der Waals surface area contributed by atoms with E-state index in [1.54, 1.807) is 6.26 Å². The van der Waals surface area contributed by atoms with Crippen LogP contribution in [0.25, 0.3) is 0 Å². The van der Waals surface area contributed by atoms with E-state index < -0.39 is 0 Å². The Hall–Kier alpha value is -2.07. The summed E-state index contributed by atoms with van der Waals surface area (Å²) in [4.78, 5) is 14.7. The summed E-state index contributed by atoms with van der Waals surface area (Å²) in [6, 6.07) is 13.8. The average Bonchev–Trinajstić information content (AvgIpc) is 3.25. The Morgan fingerprint density at radius 3 is 2.73 bits per heavy atom. The lowest BCUT2D eigenvalue weighted by molar-refractivity contribution is -0.144. The van der Waals surface area contributed by atoms with Gasteiger partial charge in [-0.05, 0) is 37.5 Å². The Kier molecular flexibility index (Phi) is 4.59. The molecule has 1 saturated heterocycles. The van der Waals surface area contributed by atoms with Crippen LogP contribution in [-0.2, 0) is 16.1 Å². The van der Waals surface area contributed by atoms with Gasteiger partial charge in [-0.1, -0.05) is 30.3 Å². The van der Waals surface area contributed by atoms with E-state index in [0.29, 0.717) is 13.2 Å². The first-order valence-electron chi connectivity index (χ1n) is 7.75. The molecule has 2 heterocycles.